The quantitative estimate of drug-likeness (QED) is 0.668. The molecule has 0 spiro atoms. The molecule has 0 aromatic carbocycles. The zero-order chi connectivity index (χ0) is 10.3. The average Bonchev–Trinajstić information content (AvgIpc) is 2.85. The van der Waals surface area contributed by atoms with Gasteiger partial charge in [-0.25, -0.2) is 4.58 Å². The zero-order valence-electron chi connectivity index (χ0n) is 8.56. The van der Waals surface area contributed by atoms with Crippen molar-refractivity contribution in [3.05, 3.63) is 44.3 Å². The van der Waals surface area contributed by atoms with E-state index in [0.29, 0.717) is 0 Å². The first-order valence-corrected chi connectivity index (χ1v) is 6.81. The topological polar surface area (TPSA) is 3.01 Å². The van der Waals surface area contributed by atoms with Crippen molar-refractivity contribution in [2.75, 3.05) is 13.6 Å². The number of likely N-dealkylation sites (N-methyl/N-ethyl adjacent to an activating group) is 1. The molecule has 0 bridgehead atoms. The van der Waals surface area contributed by atoms with Gasteiger partial charge < -0.3 is 0 Å². The minimum atomic E-state index is 1.14. The van der Waals surface area contributed by atoms with E-state index in [4.69, 9.17) is 0 Å². The van der Waals surface area contributed by atoms with Crippen molar-refractivity contribution in [2.24, 2.45) is 0 Å². The van der Waals surface area contributed by atoms with E-state index < -0.39 is 0 Å². The summed E-state index contributed by atoms with van der Waals surface area (Å²) in [6.07, 6.45) is 1.19. The molecule has 3 heteroatoms. The summed E-state index contributed by atoms with van der Waals surface area (Å²) < 4.78 is 2.38. The molecule has 0 radical (unpaired) electrons. The first-order valence-electron chi connectivity index (χ1n) is 5.05. The molecule has 2 aromatic rings. The zero-order valence-corrected chi connectivity index (χ0v) is 10.2. The van der Waals surface area contributed by atoms with Gasteiger partial charge in [-0.05, 0) is 22.9 Å². The molecule has 0 fully saturated rings. The van der Waals surface area contributed by atoms with Crippen LogP contribution in [0.15, 0.2) is 29.0 Å². The van der Waals surface area contributed by atoms with E-state index in [2.05, 4.69) is 40.6 Å². The summed E-state index contributed by atoms with van der Waals surface area (Å²) in [5, 5.41) is 4.36. The third kappa shape index (κ3) is 1.46. The summed E-state index contributed by atoms with van der Waals surface area (Å²) >= 11 is 3.71. The molecule has 0 unspecified atom stereocenters. The maximum Gasteiger partial charge on any atom is 0.225 e. The van der Waals surface area contributed by atoms with Crippen molar-refractivity contribution >= 4 is 28.4 Å². The highest BCUT2D eigenvalue weighted by Crippen LogP contribution is 2.26. The van der Waals surface area contributed by atoms with Crippen LogP contribution in [0.5, 0.6) is 0 Å². The van der Waals surface area contributed by atoms with Crippen LogP contribution < -0.4 is 0 Å². The highest BCUT2D eigenvalue weighted by Gasteiger charge is 2.26. The monoisotopic (exact) mass is 234 g/mol. The lowest BCUT2D eigenvalue weighted by Crippen LogP contribution is -2.26. The molecule has 2 aromatic heterocycles. The van der Waals surface area contributed by atoms with E-state index in [1.54, 1.807) is 0 Å². The van der Waals surface area contributed by atoms with E-state index >= 15 is 0 Å². The van der Waals surface area contributed by atoms with Crippen molar-refractivity contribution in [2.45, 2.75) is 6.42 Å². The Morgan fingerprint density at radius 2 is 2.13 bits per heavy atom. The Labute approximate surface area is 97.3 Å². The summed E-state index contributed by atoms with van der Waals surface area (Å²) in [4.78, 5) is 2.92. The molecule has 0 amide bonds. The minimum absolute atomic E-state index is 1.14. The van der Waals surface area contributed by atoms with Crippen molar-refractivity contribution < 1.29 is 4.58 Å². The Balaban J connectivity index is 2.21. The molecule has 0 saturated carbocycles. The molecule has 1 aliphatic heterocycles. The van der Waals surface area contributed by atoms with Gasteiger partial charge in [-0.15, -0.1) is 22.7 Å². The molecule has 0 saturated heterocycles. The Kier molecular flexibility index (Phi) is 2.22. The van der Waals surface area contributed by atoms with Gasteiger partial charge in [0.25, 0.3) is 0 Å². The maximum absolute atomic E-state index is 2.38. The smallest absolute Gasteiger partial charge is 0.225 e. The van der Waals surface area contributed by atoms with Gasteiger partial charge in [-0.1, -0.05) is 6.07 Å². The highest BCUT2D eigenvalue weighted by atomic mass is 32.1. The summed E-state index contributed by atoms with van der Waals surface area (Å²) in [6, 6.07) is 6.59. The van der Waals surface area contributed by atoms with Crippen LogP contribution in [0.25, 0.3) is 0 Å². The van der Waals surface area contributed by atoms with E-state index in [1.165, 1.54) is 27.5 Å². The number of rotatable bonds is 1. The summed E-state index contributed by atoms with van der Waals surface area (Å²) in [5.74, 6) is 0. The first-order chi connectivity index (χ1) is 7.36. The van der Waals surface area contributed by atoms with Gasteiger partial charge in [-0.3, -0.25) is 0 Å². The largest absolute Gasteiger partial charge is 0.230 e. The second-order valence-electron chi connectivity index (χ2n) is 3.75. The molecule has 3 rings (SSSR count). The van der Waals surface area contributed by atoms with Crippen molar-refractivity contribution in [3.8, 4) is 0 Å². The molecule has 0 atom stereocenters. The van der Waals surface area contributed by atoms with Crippen LogP contribution in [0, 0.1) is 0 Å². The average molecular weight is 234 g/mol. The van der Waals surface area contributed by atoms with Gasteiger partial charge in [0.2, 0.25) is 5.71 Å². The van der Waals surface area contributed by atoms with Gasteiger partial charge in [-0.2, -0.15) is 0 Å². The molecule has 0 aliphatic carbocycles. The molecule has 76 valence electrons. The molecule has 15 heavy (non-hydrogen) atoms. The van der Waals surface area contributed by atoms with Gasteiger partial charge in [0, 0.05) is 11.3 Å². The summed E-state index contributed by atoms with van der Waals surface area (Å²) in [5.41, 5.74) is 2.85. The standard InChI is InChI=1S/C12H12NS2/c1-13-6-4-10-9(5-8-15-10)12(13)11-3-2-7-14-11/h2-3,5,7-8H,4,6H2,1H3/q+1. The molecule has 3 heterocycles. The van der Waals surface area contributed by atoms with Crippen LogP contribution in [-0.4, -0.2) is 23.9 Å². The third-order valence-electron chi connectivity index (χ3n) is 2.81. The van der Waals surface area contributed by atoms with Crippen molar-refractivity contribution in [3.63, 3.8) is 0 Å². The molecule has 1 nitrogen and oxygen atoms in total. The maximum atomic E-state index is 2.38. The number of nitrogens with zero attached hydrogens (tertiary/aromatic N) is 1. The van der Waals surface area contributed by atoms with Crippen LogP contribution in [0.4, 0.5) is 0 Å². The number of fused-ring (bicyclic) bond motifs is 1. The van der Waals surface area contributed by atoms with Crippen LogP contribution >= 0.6 is 22.7 Å². The van der Waals surface area contributed by atoms with Crippen LogP contribution in [0.1, 0.15) is 15.3 Å². The van der Waals surface area contributed by atoms with Crippen LogP contribution in [0.3, 0.4) is 0 Å². The lowest BCUT2D eigenvalue weighted by Gasteiger charge is -2.11. The lowest BCUT2D eigenvalue weighted by atomic mass is 10.0. The second-order valence-corrected chi connectivity index (χ2v) is 5.70. The fourth-order valence-electron chi connectivity index (χ4n) is 2.07. The first kappa shape index (κ1) is 9.31. The van der Waals surface area contributed by atoms with Gasteiger partial charge in [0.15, 0.2) is 0 Å². The number of thiophene rings is 2. The van der Waals surface area contributed by atoms with Crippen LogP contribution in [0.2, 0.25) is 0 Å². The summed E-state index contributed by atoms with van der Waals surface area (Å²) in [7, 11) is 2.19. The van der Waals surface area contributed by atoms with Gasteiger partial charge >= 0.3 is 0 Å². The highest BCUT2D eigenvalue weighted by molar-refractivity contribution is 7.13. The molecular formula is C12H12NS2+. The minimum Gasteiger partial charge on any atom is -0.230 e. The van der Waals surface area contributed by atoms with E-state index in [1.807, 2.05) is 22.7 Å². The lowest BCUT2D eigenvalue weighted by molar-refractivity contribution is -0.497. The Morgan fingerprint density at radius 3 is 2.93 bits per heavy atom. The Hall–Kier alpha value is -0.930. The molecule has 1 aliphatic rings. The molecular weight excluding hydrogens is 222 g/mol. The van der Waals surface area contributed by atoms with E-state index in [-0.39, 0.29) is 0 Å². The van der Waals surface area contributed by atoms with Crippen molar-refractivity contribution in [1.29, 1.82) is 0 Å². The summed E-state index contributed by atoms with van der Waals surface area (Å²) in [6.45, 7) is 1.14. The fourth-order valence-corrected chi connectivity index (χ4v) is 3.77. The number of hydrogen-bond acceptors (Lipinski definition) is 2. The second kappa shape index (κ2) is 3.58. The van der Waals surface area contributed by atoms with E-state index in [9.17, 15) is 0 Å². The Morgan fingerprint density at radius 1 is 1.20 bits per heavy atom. The fraction of sp³-hybridized carbons (Fsp3) is 0.250. The van der Waals surface area contributed by atoms with Crippen LogP contribution in [-0.2, 0) is 6.42 Å². The molecule has 0 N–H and O–H groups in total. The third-order valence-corrected chi connectivity index (χ3v) is 4.67. The van der Waals surface area contributed by atoms with Crippen molar-refractivity contribution in [1.82, 2.24) is 0 Å². The van der Waals surface area contributed by atoms with E-state index in [0.717, 1.165) is 6.54 Å². The van der Waals surface area contributed by atoms with Gasteiger partial charge in [0.05, 0.1) is 10.4 Å². The number of hydrogen-bond donors (Lipinski definition) is 0. The van der Waals surface area contributed by atoms with Gasteiger partial charge in [0.1, 0.15) is 13.6 Å². The SMILES string of the molecule is C[N+]1=C(c2cccs2)c2ccsc2CC1. The normalized spacial score (nSPS) is 15.5. The Bertz CT molecular complexity index is 505. The predicted molar refractivity (Wildman–Crippen MR) is 66.6 cm³/mol. The predicted octanol–water partition coefficient (Wildman–Crippen LogP) is 2.85.